The van der Waals surface area contributed by atoms with Crippen LogP contribution in [0.2, 0.25) is 0 Å². The van der Waals surface area contributed by atoms with Gasteiger partial charge in [0.25, 0.3) is 0 Å². The van der Waals surface area contributed by atoms with E-state index in [1.807, 2.05) is 51.3 Å². The van der Waals surface area contributed by atoms with Crippen molar-refractivity contribution in [3.05, 3.63) is 121 Å². The minimum Gasteiger partial charge on any atom is -0.444 e. The van der Waals surface area contributed by atoms with Gasteiger partial charge in [-0.15, -0.1) is 0 Å². The van der Waals surface area contributed by atoms with E-state index in [1.54, 1.807) is 0 Å². The number of carbonyl (C=O) groups excluding carboxylic acids is 2. The molecule has 2 N–H and O–H groups in total. The van der Waals surface area contributed by atoms with Gasteiger partial charge < -0.3 is 19.4 Å². The summed E-state index contributed by atoms with van der Waals surface area (Å²) in [6.45, 7) is 11.5. The predicted octanol–water partition coefficient (Wildman–Crippen LogP) is 12.9. The number of likely N-dealkylation sites (tertiary alicyclic amines) is 2. The Hall–Kier alpha value is -6.68. The van der Waals surface area contributed by atoms with Gasteiger partial charge in [-0.05, 0) is 183 Å². The summed E-state index contributed by atoms with van der Waals surface area (Å²) >= 11 is 0. The van der Waals surface area contributed by atoms with Gasteiger partial charge in [0.1, 0.15) is 22.9 Å². The Morgan fingerprint density at radius 1 is 0.484 bits per heavy atom. The monoisotopic (exact) mass is 848 g/mol. The number of fused-ring (bicyclic) bond motifs is 6. The minimum atomic E-state index is -0.541. The predicted molar refractivity (Wildman–Crippen MR) is 252 cm³/mol. The fourth-order valence-corrected chi connectivity index (χ4v) is 10.5. The van der Waals surface area contributed by atoms with E-state index in [2.05, 4.69) is 119 Å². The van der Waals surface area contributed by atoms with Crippen molar-refractivity contribution in [3.8, 4) is 33.4 Å². The smallest absolute Gasteiger partial charge is 0.411 e. The van der Waals surface area contributed by atoms with Crippen LogP contribution in [0.25, 0.3) is 77.0 Å². The van der Waals surface area contributed by atoms with Crippen LogP contribution in [0.4, 0.5) is 9.59 Å². The lowest BCUT2D eigenvalue weighted by Gasteiger charge is -2.29. The first-order valence-electron chi connectivity index (χ1n) is 22.8. The van der Waals surface area contributed by atoms with E-state index in [-0.39, 0.29) is 36.4 Å². The number of benzene rings is 6. The summed E-state index contributed by atoms with van der Waals surface area (Å²) in [5.74, 6) is 2.71. The van der Waals surface area contributed by atoms with E-state index >= 15 is 0 Å². The van der Waals surface area contributed by atoms with Crippen molar-refractivity contribution < 1.29 is 19.1 Å². The summed E-state index contributed by atoms with van der Waals surface area (Å²) < 4.78 is 11.6. The lowest BCUT2D eigenvalue weighted by atomic mass is 9.95. The van der Waals surface area contributed by atoms with Crippen LogP contribution >= 0.6 is 0 Å². The number of H-pyrrole nitrogens is 2. The maximum Gasteiger partial charge on any atom is 0.411 e. The maximum atomic E-state index is 13.2. The largest absolute Gasteiger partial charge is 0.444 e. The third kappa shape index (κ3) is 6.94. The zero-order valence-electron chi connectivity index (χ0n) is 37.1. The number of aromatic nitrogens is 4. The van der Waals surface area contributed by atoms with E-state index in [9.17, 15) is 9.59 Å². The fourth-order valence-electron chi connectivity index (χ4n) is 10.5. The molecule has 2 aliphatic heterocycles. The molecule has 4 aliphatic rings. The van der Waals surface area contributed by atoms with E-state index in [1.165, 1.54) is 32.7 Å². The molecule has 322 valence electrons. The van der Waals surface area contributed by atoms with Crippen LogP contribution in [-0.2, 0) is 9.47 Å². The Kier molecular flexibility index (Phi) is 8.47. The van der Waals surface area contributed by atoms with Gasteiger partial charge in [-0.1, -0.05) is 60.7 Å². The van der Waals surface area contributed by atoms with Crippen molar-refractivity contribution in [3.63, 3.8) is 0 Å². The number of hydrogen-bond acceptors (Lipinski definition) is 6. The molecule has 2 saturated carbocycles. The molecule has 0 unspecified atom stereocenters. The number of ether oxygens (including phenoxy) is 2. The summed E-state index contributed by atoms with van der Waals surface area (Å²) in [5, 5.41) is 4.72. The zero-order chi connectivity index (χ0) is 43.8. The molecule has 2 aromatic heterocycles. The minimum absolute atomic E-state index is 0.0997. The fraction of sp³-hybridized carbons (Fsp3) is 0.333. The molecule has 6 aromatic carbocycles. The zero-order valence-corrected chi connectivity index (χ0v) is 37.1. The molecule has 0 bridgehead atoms. The van der Waals surface area contributed by atoms with Crippen LogP contribution in [0.15, 0.2) is 109 Å². The van der Waals surface area contributed by atoms with Gasteiger partial charge in [-0.25, -0.2) is 19.6 Å². The Morgan fingerprint density at radius 2 is 0.812 bits per heavy atom. The molecule has 8 aromatic rings. The first-order chi connectivity index (χ1) is 30.7. The summed E-state index contributed by atoms with van der Waals surface area (Å²) in [6.07, 6.45) is 3.42. The maximum absolute atomic E-state index is 13.2. The second kappa shape index (κ2) is 13.9. The van der Waals surface area contributed by atoms with Crippen LogP contribution < -0.4 is 0 Å². The Bertz CT molecular complexity index is 3010. The standard InChI is InChI=1S/C54H52N6O4/c1-53(2,3)63-51(61)59-45-25-39(45)27-47(59)49-55-41-17-15-37(23-43(41)57-49)35-13-11-31-19-29(7-9-33(31)21-35)30-8-10-34-22-36(14-12-32(34)20-30)38-16-18-42-44(24-38)58-50(56-42)48-28-40-26-46(40)60(48)52(62)64-54(4,5)6/h7-24,39-40,45-48H,25-28H2,1-6H3,(H,55,57)(H,56,58)/t39-,40-,45-,46-,47+,48+/m1/s1. The Labute approximate surface area is 372 Å². The van der Waals surface area contributed by atoms with Crippen LogP contribution in [0.1, 0.15) is 91.0 Å². The van der Waals surface area contributed by atoms with Crippen molar-refractivity contribution in [1.82, 2.24) is 29.7 Å². The topological polar surface area (TPSA) is 116 Å². The lowest BCUT2D eigenvalue weighted by Crippen LogP contribution is -2.38. The van der Waals surface area contributed by atoms with Gasteiger partial charge in [0.2, 0.25) is 0 Å². The number of piperidine rings is 2. The molecule has 0 spiro atoms. The van der Waals surface area contributed by atoms with Gasteiger partial charge in [0.05, 0.1) is 34.2 Å². The van der Waals surface area contributed by atoms with E-state index in [4.69, 9.17) is 19.4 Å². The average Bonchev–Trinajstić information content (AvgIpc) is 3.91. The highest BCUT2D eigenvalue weighted by molar-refractivity contribution is 5.95. The highest BCUT2D eigenvalue weighted by atomic mass is 16.6. The number of nitrogens with one attached hydrogen (secondary N) is 2. The number of amides is 2. The molecule has 10 nitrogen and oxygen atoms in total. The number of hydrogen-bond donors (Lipinski definition) is 2. The van der Waals surface area contributed by atoms with Crippen molar-refractivity contribution in [2.45, 2.75) is 103 Å². The summed E-state index contributed by atoms with van der Waals surface area (Å²) in [4.78, 5) is 47.3. The molecule has 4 heterocycles. The van der Waals surface area contributed by atoms with Gasteiger partial charge in [-0.2, -0.15) is 0 Å². The second-order valence-corrected chi connectivity index (χ2v) is 20.7. The van der Waals surface area contributed by atoms with E-state index in [0.717, 1.165) is 81.7 Å². The van der Waals surface area contributed by atoms with Crippen molar-refractivity contribution in [2.24, 2.45) is 11.8 Å². The molecule has 2 amide bonds. The van der Waals surface area contributed by atoms with Gasteiger partial charge in [0.15, 0.2) is 0 Å². The molecular weight excluding hydrogens is 797 g/mol. The summed E-state index contributed by atoms with van der Waals surface area (Å²) in [7, 11) is 0. The van der Waals surface area contributed by atoms with Gasteiger partial charge in [-0.3, -0.25) is 9.80 Å². The molecule has 64 heavy (non-hydrogen) atoms. The highest BCUT2D eigenvalue weighted by Crippen LogP contribution is 2.55. The van der Waals surface area contributed by atoms with Crippen molar-refractivity contribution in [1.29, 1.82) is 0 Å². The highest BCUT2D eigenvalue weighted by Gasteiger charge is 2.57. The van der Waals surface area contributed by atoms with Gasteiger partial charge >= 0.3 is 12.2 Å². The number of rotatable bonds is 5. The summed E-state index contributed by atoms with van der Waals surface area (Å²) in [6, 6.07) is 39.8. The normalized spacial score (nSPS) is 22.7. The molecule has 2 aliphatic carbocycles. The lowest BCUT2D eigenvalue weighted by molar-refractivity contribution is 0.0164. The first kappa shape index (κ1) is 39.0. The number of nitrogens with zero attached hydrogens (tertiary/aromatic N) is 4. The van der Waals surface area contributed by atoms with Crippen LogP contribution in [0.5, 0.6) is 0 Å². The molecule has 6 atom stereocenters. The Balaban J connectivity index is 0.760. The van der Waals surface area contributed by atoms with Crippen LogP contribution in [0.3, 0.4) is 0 Å². The molecule has 2 saturated heterocycles. The van der Waals surface area contributed by atoms with E-state index in [0.29, 0.717) is 11.8 Å². The third-order valence-electron chi connectivity index (χ3n) is 13.7. The van der Waals surface area contributed by atoms with Crippen molar-refractivity contribution >= 4 is 55.8 Å². The summed E-state index contributed by atoms with van der Waals surface area (Å²) in [5.41, 5.74) is 9.50. The quantitative estimate of drug-likeness (QED) is 0.178. The van der Waals surface area contributed by atoms with E-state index < -0.39 is 11.2 Å². The molecule has 4 fully saturated rings. The second-order valence-electron chi connectivity index (χ2n) is 20.7. The van der Waals surface area contributed by atoms with Crippen LogP contribution in [0, 0.1) is 11.8 Å². The number of imidazole rings is 2. The number of aromatic amines is 2. The average molecular weight is 849 g/mol. The molecular formula is C54H52N6O4. The molecule has 0 radical (unpaired) electrons. The van der Waals surface area contributed by atoms with Gasteiger partial charge in [0, 0.05) is 12.1 Å². The molecule has 10 heteroatoms. The first-order valence-corrected chi connectivity index (χ1v) is 22.8. The third-order valence-corrected chi connectivity index (χ3v) is 13.7. The van der Waals surface area contributed by atoms with Crippen molar-refractivity contribution in [2.75, 3.05) is 0 Å². The SMILES string of the molecule is CC(C)(C)OC(=O)N1[C@@H]2C[C@@H]2C[C@H]1c1nc2ccc(-c3ccc4cc(-c5ccc6cc(-c7ccc8nc([C@@H]9C[C@H]%10C[C@H]%10N9C(=O)OC(C)(C)C)[nH]c8c7)ccc6c5)ccc4c3)cc2[nH]1. The van der Waals surface area contributed by atoms with Crippen LogP contribution in [-0.4, -0.2) is 65.2 Å². The molecule has 12 rings (SSSR count). The number of carbonyl (C=O) groups is 2. The Morgan fingerprint density at radius 3 is 1.16 bits per heavy atom.